The standard InChI is InChI=1S/C17H23N3OS/c1-13(2)22(21)19-16-9-6-10-17-15(16)11-18-20(17)12-14-7-4-3-5-8-14/h3-5,7-8,11,13,16,19H,6,9-10,12H2,1-2H3. The van der Waals surface area contributed by atoms with Crippen molar-refractivity contribution in [3.8, 4) is 0 Å². The van der Waals surface area contributed by atoms with Crippen LogP contribution in [-0.2, 0) is 24.0 Å². The van der Waals surface area contributed by atoms with E-state index in [0.717, 1.165) is 25.8 Å². The van der Waals surface area contributed by atoms with Crippen LogP contribution >= 0.6 is 0 Å². The minimum Gasteiger partial charge on any atom is -0.265 e. The highest BCUT2D eigenvalue weighted by atomic mass is 32.2. The predicted octanol–water partition coefficient (Wildman–Crippen LogP) is 2.97. The van der Waals surface area contributed by atoms with Gasteiger partial charge in [-0.3, -0.25) is 4.68 Å². The third kappa shape index (κ3) is 3.31. The molecule has 2 aromatic rings. The summed E-state index contributed by atoms with van der Waals surface area (Å²) in [6.07, 6.45) is 5.14. The summed E-state index contributed by atoms with van der Waals surface area (Å²) in [5.41, 5.74) is 3.76. The molecule has 0 bridgehead atoms. The van der Waals surface area contributed by atoms with Gasteiger partial charge in [-0.15, -0.1) is 0 Å². The lowest BCUT2D eigenvalue weighted by molar-refractivity contribution is 0.509. The second kappa shape index (κ2) is 6.75. The van der Waals surface area contributed by atoms with Gasteiger partial charge in [-0.05, 0) is 38.7 Å². The van der Waals surface area contributed by atoms with Crippen molar-refractivity contribution in [2.75, 3.05) is 0 Å². The maximum absolute atomic E-state index is 12.1. The summed E-state index contributed by atoms with van der Waals surface area (Å²) in [6.45, 7) is 4.76. The van der Waals surface area contributed by atoms with Crippen LogP contribution in [0.2, 0.25) is 0 Å². The summed E-state index contributed by atoms with van der Waals surface area (Å²) in [6, 6.07) is 10.6. The molecule has 1 aromatic heterocycles. The van der Waals surface area contributed by atoms with Crippen LogP contribution in [0, 0.1) is 0 Å². The maximum Gasteiger partial charge on any atom is 0.0947 e. The predicted molar refractivity (Wildman–Crippen MR) is 89.9 cm³/mol. The van der Waals surface area contributed by atoms with Crippen LogP contribution in [-0.4, -0.2) is 19.2 Å². The van der Waals surface area contributed by atoms with Gasteiger partial charge < -0.3 is 0 Å². The topological polar surface area (TPSA) is 46.9 Å². The van der Waals surface area contributed by atoms with Gasteiger partial charge in [0.1, 0.15) is 0 Å². The maximum atomic E-state index is 12.1. The number of aromatic nitrogens is 2. The molecular formula is C17H23N3OS. The van der Waals surface area contributed by atoms with Gasteiger partial charge in [0.25, 0.3) is 0 Å². The molecule has 0 saturated heterocycles. The van der Waals surface area contributed by atoms with Gasteiger partial charge in [-0.25, -0.2) is 8.93 Å². The molecule has 2 atom stereocenters. The van der Waals surface area contributed by atoms with Crippen molar-refractivity contribution >= 4 is 11.0 Å². The Morgan fingerprint density at radius 1 is 1.36 bits per heavy atom. The average Bonchev–Trinajstić information content (AvgIpc) is 2.92. The monoisotopic (exact) mass is 317 g/mol. The average molecular weight is 317 g/mol. The lowest BCUT2D eigenvalue weighted by atomic mass is 9.94. The first kappa shape index (κ1) is 15.4. The van der Waals surface area contributed by atoms with E-state index >= 15 is 0 Å². The first-order valence-electron chi connectivity index (χ1n) is 7.90. The number of nitrogens with zero attached hydrogens (tertiary/aromatic N) is 2. The van der Waals surface area contributed by atoms with Crippen molar-refractivity contribution in [1.29, 1.82) is 0 Å². The Kier molecular flexibility index (Phi) is 4.74. The summed E-state index contributed by atoms with van der Waals surface area (Å²) in [5, 5.41) is 4.70. The lowest BCUT2D eigenvalue weighted by Gasteiger charge is -2.24. The Balaban J connectivity index is 1.80. The fraction of sp³-hybridized carbons (Fsp3) is 0.471. The molecule has 1 aliphatic carbocycles. The molecule has 1 N–H and O–H groups in total. The van der Waals surface area contributed by atoms with Crippen molar-refractivity contribution in [3.63, 3.8) is 0 Å². The second-order valence-corrected chi connectivity index (χ2v) is 7.87. The van der Waals surface area contributed by atoms with Crippen LogP contribution in [0.5, 0.6) is 0 Å². The van der Waals surface area contributed by atoms with E-state index in [1.54, 1.807) is 0 Å². The highest BCUT2D eigenvalue weighted by Crippen LogP contribution is 2.30. The van der Waals surface area contributed by atoms with E-state index in [1.807, 2.05) is 26.1 Å². The number of benzene rings is 1. The Bertz CT molecular complexity index is 651. The Morgan fingerprint density at radius 2 is 2.14 bits per heavy atom. The lowest BCUT2D eigenvalue weighted by Crippen LogP contribution is -2.31. The van der Waals surface area contributed by atoms with Crippen molar-refractivity contribution in [2.24, 2.45) is 0 Å². The van der Waals surface area contributed by atoms with Crippen molar-refractivity contribution < 1.29 is 4.21 Å². The molecule has 3 rings (SSSR count). The van der Waals surface area contributed by atoms with E-state index < -0.39 is 11.0 Å². The van der Waals surface area contributed by atoms with Crippen LogP contribution in [0.3, 0.4) is 0 Å². The van der Waals surface area contributed by atoms with Gasteiger partial charge in [0, 0.05) is 22.5 Å². The fourth-order valence-electron chi connectivity index (χ4n) is 2.91. The molecular weight excluding hydrogens is 294 g/mol. The van der Waals surface area contributed by atoms with Gasteiger partial charge in [0.05, 0.1) is 23.7 Å². The normalized spacial score (nSPS) is 19.1. The van der Waals surface area contributed by atoms with Crippen LogP contribution in [0.4, 0.5) is 0 Å². The van der Waals surface area contributed by atoms with Gasteiger partial charge >= 0.3 is 0 Å². The molecule has 1 heterocycles. The molecule has 118 valence electrons. The summed E-state index contributed by atoms with van der Waals surface area (Å²) in [5.74, 6) is 0. The molecule has 1 aromatic carbocycles. The zero-order chi connectivity index (χ0) is 15.5. The molecule has 1 aliphatic rings. The molecule has 0 aliphatic heterocycles. The van der Waals surface area contributed by atoms with Crippen molar-refractivity contribution in [3.05, 3.63) is 53.3 Å². The molecule has 0 spiro atoms. The molecule has 0 amide bonds. The molecule has 0 radical (unpaired) electrons. The second-order valence-electron chi connectivity index (χ2n) is 6.10. The van der Waals surface area contributed by atoms with Gasteiger partial charge in [-0.2, -0.15) is 5.10 Å². The summed E-state index contributed by atoms with van der Waals surface area (Å²) < 4.78 is 17.5. The highest BCUT2D eigenvalue weighted by Gasteiger charge is 2.25. The van der Waals surface area contributed by atoms with E-state index in [4.69, 9.17) is 0 Å². The van der Waals surface area contributed by atoms with E-state index in [0.29, 0.717) is 0 Å². The largest absolute Gasteiger partial charge is 0.265 e. The summed E-state index contributed by atoms with van der Waals surface area (Å²) >= 11 is 0. The zero-order valence-corrected chi connectivity index (χ0v) is 14.0. The van der Waals surface area contributed by atoms with E-state index in [9.17, 15) is 4.21 Å². The number of nitrogens with one attached hydrogen (secondary N) is 1. The quantitative estimate of drug-likeness (QED) is 0.921. The van der Waals surface area contributed by atoms with Gasteiger partial charge in [0.15, 0.2) is 0 Å². The van der Waals surface area contributed by atoms with E-state index in [-0.39, 0.29) is 11.3 Å². The molecule has 5 heteroatoms. The smallest absolute Gasteiger partial charge is 0.0947 e. The first-order valence-corrected chi connectivity index (χ1v) is 9.11. The summed E-state index contributed by atoms with van der Waals surface area (Å²) in [4.78, 5) is 0. The van der Waals surface area contributed by atoms with Crippen molar-refractivity contribution in [1.82, 2.24) is 14.5 Å². The minimum atomic E-state index is -0.992. The molecule has 0 fully saturated rings. The number of rotatable bonds is 5. The fourth-order valence-corrected chi connectivity index (χ4v) is 3.71. The molecule has 2 unspecified atom stereocenters. The number of fused-ring (bicyclic) bond motifs is 1. The summed E-state index contributed by atoms with van der Waals surface area (Å²) in [7, 11) is -0.992. The van der Waals surface area contributed by atoms with E-state index in [1.165, 1.54) is 16.8 Å². The SMILES string of the molecule is CC(C)S(=O)NC1CCCc2c1cnn2Cc1ccccc1. The Morgan fingerprint density at radius 3 is 2.86 bits per heavy atom. The minimum absolute atomic E-state index is 0.129. The van der Waals surface area contributed by atoms with Crippen LogP contribution in [0.15, 0.2) is 36.5 Å². The highest BCUT2D eigenvalue weighted by molar-refractivity contribution is 7.83. The third-order valence-electron chi connectivity index (χ3n) is 4.12. The number of hydrogen-bond acceptors (Lipinski definition) is 2. The zero-order valence-electron chi connectivity index (χ0n) is 13.2. The Hall–Kier alpha value is -1.46. The number of hydrogen-bond donors (Lipinski definition) is 1. The van der Waals surface area contributed by atoms with Crippen LogP contribution in [0.25, 0.3) is 0 Å². The van der Waals surface area contributed by atoms with Crippen molar-refractivity contribution in [2.45, 2.75) is 50.9 Å². The molecule has 0 saturated carbocycles. The third-order valence-corrected chi connectivity index (χ3v) is 5.50. The molecule has 22 heavy (non-hydrogen) atoms. The first-order chi connectivity index (χ1) is 10.6. The van der Waals surface area contributed by atoms with E-state index in [2.05, 4.69) is 38.8 Å². The van der Waals surface area contributed by atoms with Gasteiger partial charge in [0.2, 0.25) is 0 Å². The molecule has 4 nitrogen and oxygen atoms in total. The van der Waals surface area contributed by atoms with Crippen LogP contribution in [0.1, 0.15) is 49.6 Å². The van der Waals surface area contributed by atoms with Crippen LogP contribution < -0.4 is 4.72 Å². The Labute approximate surface area is 134 Å². The van der Waals surface area contributed by atoms with Gasteiger partial charge in [-0.1, -0.05) is 30.3 Å².